The van der Waals surface area contributed by atoms with Crippen molar-refractivity contribution in [1.29, 1.82) is 0 Å². The van der Waals surface area contributed by atoms with E-state index in [9.17, 15) is 0 Å². The molecule has 0 fully saturated rings. The van der Waals surface area contributed by atoms with Crippen LogP contribution in [0.15, 0.2) is 24.3 Å². The summed E-state index contributed by atoms with van der Waals surface area (Å²) in [5, 5.41) is 0. The van der Waals surface area contributed by atoms with E-state index in [2.05, 4.69) is 65.8 Å². The van der Waals surface area contributed by atoms with Crippen LogP contribution >= 0.6 is 0 Å². The number of rotatable bonds is 5. The number of benzene rings is 2. The van der Waals surface area contributed by atoms with Crippen molar-refractivity contribution >= 4 is 0 Å². The van der Waals surface area contributed by atoms with E-state index in [4.69, 9.17) is 9.47 Å². The Morgan fingerprint density at radius 2 is 0.958 bits per heavy atom. The van der Waals surface area contributed by atoms with E-state index in [0.717, 1.165) is 33.8 Å². The van der Waals surface area contributed by atoms with Gasteiger partial charge in [-0.2, -0.15) is 0 Å². The van der Waals surface area contributed by atoms with Crippen LogP contribution in [0.4, 0.5) is 0 Å². The molecule has 24 heavy (non-hydrogen) atoms. The van der Waals surface area contributed by atoms with Gasteiger partial charge in [-0.05, 0) is 63.8 Å². The minimum absolute atomic E-state index is 0. The molecule has 2 rings (SSSR count). The van der Waals surface area contributed by atoms with E-state index in [0.29, 0.717) is 12.7 Å². The summed E-state index contributed by atoms with van der Waals surface area (Å²) in [6.45, 7) is 14.5. The third-order valence-corrected chi connectivity index (χ3v) is 3.93. The third kappa shape index (κ3) is 4.95. The minimum Gasteiger partial charge on any atom is -0.619 e. The molecule has 0 unspecified atom stereocenters. The maximum Gasteiger partial charge on any atom is 0.0939 e. The zero-order valence-corrected chi connectivity index (χ0v) is 17.7. The molecule has 0 aliphatic rings. The fraction of sp³-hybridized carbons (Fsp3) is 0.381. The molecular formula is C21H27O2Sc-. The van der Waals surface area contributed by atoms with Gasteiger partial charge in [-0.15, -0.1) is 6.42 Å². The van der Waals surface area contributed by atoms with Crippen LogP contribution < -0.4 is 9.47 Å². The summed E-state index contributed by atoms with van der Waals surface area (Å²) in [5.74, 6) is 1.80. The standard InChI is InChI=1S/C21H27O2.Sc/c1-8-19(22-20-15(4)9-13(2)10-16(20)5)23-21-17(6)11-14(3)12-18(21)7;/h9-12H,8H2,1-7H3;/q-1;. The van der Waals surface area contributed by atoms with E-state index >= 15 is 0 Å². The summed E-state index contributed by atoms with van der Waals surface area (Å²) in [4.78, 5) is 0. The van der Waals surface area contributed by atoms with Crippen LogP contribution in [0.2, 0.25) is 0 Å². The Morgan fingerprint density at radius 3 is 1.21 bits per heavy atom. The molecule has 2 nitrogen and oxygen atoms in total. The summed E-state index contributed by atoms with van der Waals surface area (Å²) in [5.41, 5.74) is 7.03. The van der Waals surface area contributed by atoms with Crippen molar-refractivity contribution < 1.29 is 35.3 Å². The summed E-state index contributed by atoms with van der Waals surface area (Å²) >= 11 is 0. The largest absolute Gasteiger partial charge is 0.619 e. The SMILES string of the molecule is CC[C-](Oc1c(C)cc(C)cc1C)Oc1c(C)cc(C)cc1C.[Sc]. The molecule has 0 spiro atoms. The van der Waals surface area contributed by atoms with Crippen molar-refractivity contribution in [3.8, 4) is 11.5 Å². The second-order valence-corrected chi connectivity index (χ2v) is 6.39. The first-order chi connectivity index (χ1) is 10.8. The van der Waals surface area contributed by atoms with Crippen LogP contribution in [-0.4, -0.2) is 0 Å². The Kier molecular flexibility index (Phi) is 7.72. The Morgan fingerprint density at radius 1 is 0.667 bits per heavy atom. The summed E-state index contributed by atoms with van der Waals surface area (Å²) < 4.78 is 12.2. The van der Waals surface area contributed by atoms with Gasteiger partial charge in [0.25, 0.3) is 0 Å². The van der Waals surface area contributed by atoms with Gasteiger partial charge in [0.1, 0.15) is 0 Å². The van der Waals surface area contributed by atoms with Crippen molar-refractivity contribution in [1.82, 2.24) is 0 Å². The number of aryl methyl sites for hydroxylation is 6. The third-order valence-electron chi connectivity index (χ3n) is 3.93. The van der Waals surface area contributed by atoms with Crippen LogP contribution in [-0.2, 0) is 25.8 Å². The molecule has 0 aliphatic carbocycles. The maximum atomic E-state index is 6.12. The molecule has 0 aromatic heterocycles. The first kappa shape index (κ1) is 21.0. The van der Waals surface area contributed by atoms with Crippen LogP contribution in [0, 0.1) is 47.8 Å². The van der Waals surface area contributed by atoms with Crippen LogP contribution in [0.5, 0.6) is 11.5 Å². The zero-order chi connectivity index (χ0) is 17.1. The maximum absolute atomic E-state index is 6.12. The first-order valence-electron chi connectivity index (χ1n) is 8.19. The topological polar surface area (TPSA) is 18.5 Å². The second kappa shape index (κ2) is 8.85. The predicted molar refractivity (Wildman–Crippen MR) is 96.1 cm³/mol. The average Bonchev–Trinajstić information content (AvgIpc) is 2.44. The molecule has 0 heterocycles. The molecule has 2 aromatic rings. The number of hydrogen-bond acceptors (Lipinski definition) is 2. The molecular weight excluding hydrogens is 329 g/mol. The molecule has 127 valence electrons. The zero-order valence-electron chi connectivity index (χ0n) is 15.9. The summed E-state index contributed by atoms with van der Waals surface area (Å²) in [6, 6.07) is 8.55. The molecule has 0 saturated carbocycles. The van der Waals surface area contributed by atoms with Gasteiger partial charge in [0.2, 0.25) is 0 Å². The minimum atomic E-state index is 0. The van der Waals surface area contributed by atoms with Gasteiger partial charge in [-0.1, -0.05) is 42.3 Å². The van der Waals surface area contributed by atoms with Crippen molar-refractivity contribution in [3.05, 3.63) is 63.9 Å². The van der Waals surface area contributed by atoms with Gasteiger partial charge >= 0.3 is 0 Å². The number of hydrogen-bond donors (Lipinski definition) is 0. The molecule has 0 N–H and O–H groups in total. The van der Waals surface area contributed by atoms with Crippen molar-refractivity contribution in [2.45, 2.75) is 54.9 Å². The monoisotopic (exact) mass is 356 g/mol. The van der Waals surface area contributed by atoms with Crippen LogP contribution in [0.1, 0.15) is 46.7 Å². The normalized spacial score (nSPS) is 10.5. The van der Waals surface area contributed by atoms with E-state index in [1.807, 2.05) is 6.92 Å². The molecule has 0 atom stereocenters. The van der Waals surface area contributed by atoms with Gasteiger partial charge in [0, 0.05) is 32.1 Å². The van der Waals surface area contributed by atoms with Crippen molar-refractivity contribution in [2.24, 2.45) is 0 Å². The van der Waals surface area contributed by atoms with E-state index < -0.39 is 0 Å². The fourth-order valence-corrected chi connectivity index (χ4v) is 3.05. The van der Waals surface area contributed by atoms with Crippen molar-refractivity contribution in [2.75, 3.05) is 0 Å². The van der Waals surface area contributed by atoms with E-state index in [1.54, 1.807) is 0 Å². The second-order valence-electron chi connectivity index (χ2n) is 6.39. The quantitative estimate of drug-likeness (QED) is 0.622. The smallest absolute Gasteiger partial charge is 0.0939 e. The Balaban J connectivity index is 0.00000288. The van der Waals surface area contributed by atoms with Gasteiger partial charge in [-0.3, -0.25) is 0 Å². The Labute approximate surface area is 165 Å². The molecule has 0 aliphatic heterocycles. The first-order valence-corrected chi connectivity index (χ1v) is 8.19. The molecule has 0 saturated heterocycles. The van der Waals surface area contributed by atoms with Gasteiger partial charge < -0.3 is 9.47 Å². The Bertz CT molecular complexity index is 601. The fourth-order valence-electron chi connectivity index (χ4n) is 3.05. The Hall–Kier alpha value is -1.09. The number of ether oxygens (including phenoxy) is 2. The van der Waals surface area contributed by atoms with Crippen LogP contribution in [0.25, 0.3) is 0 Å². The molecule has 3 heteroatoms. The van der Waals surface area contributed by atoms with Crippen molar-refractivity contribution in [3.63, 3.8) is 0 Å². The van der Waals surface area contributed by atoms with Gasteiger partial charge in [-0.25, -0.2) is 0 Å². The van der Waals surface area contributed by atoms with E-state index in [-0.39, 0.29) is 25.8 Å². The summed E-state index contributed by atoms with van der Waals surface area (Å²) in [6.07, 6.45) is 1.34. The van der Waals surface area contributed by atoms with Crippen LogP contribution in [0.3, 0.4) is 0 Å². The van der Waals surface area contributed by atoms with Gasteiger partial charge in [0.05, 0.1) is 11.5 Å². The molecule has 0 bridgehead atoms. The average molecular weight is 356 g/mol. The summed E-state index contributed by atoms with van der Waals surface area (Å²) in [7, 11) is 0. The predicted octanol–water partition coefficient (Wildman–Crippen LogP) is 5.89. The molecule has 0 amide bonds. The molecule has 2 aromatic carbocycles. The van der Waals surface area contributed by atoms with Gasteiger partial charge in [0.15, 0.2) is 0 Å². The molecule has 1 radical (unpaired) electrons. The van der Waals surface area contributed by atoms with E-state index in [1.165, 1.54) is 11.1 Å².